The van der Waals surface area contributed by atoms with E-state index in [1.165, 1.54) is 77.0 Å². The van der Waals surface area contributed by atoms with Crippen molar-refractivity contribution in [2.75, 3.05) is 26.9 Å². The number of methoxy groups -OCH3 is 1. The minimum atomic E-state index is -1.19. The summed E-state index contributed by atoms with van der Waals surface area (Å²) in [6.45, 7) is 6.78. The number of esters is 2. The average Bonchev–Trinajstić information content (AvgIpc) is 2.77. The number of carbonyl (C=O) groups is 2. The molecule has 0 aromatic rings. The van der Waals surface area contributed by atoms with Crippen LogP contribution < -0.4 is 0 Å². The quantitative estimate of drug-likeness (QED) is 0.102. The highest BCUT2D eigenvalue weighted by atomic mass is 16.6. The lowest BCUT2D eigenvalue weighted by Crippen LogP contribution is -2.41. The summed E-state index contributed by atoms with van der Waals surface area (Å²) in [4.78, 5) is 25.0. The standard InChI is InChI=1S/C26H50O5/c1-5-8-9-10-11-12-13-14-15-16-17-18-19-20-21-30-24(27)26(6-2,7-3)25(28)31-23-22-29-4/h5-23H2,1-4H3. The molecule has 0 aliphatic carbocycles. The fourth-order valence-electron chi connectivity index (χ4n) is 3.87. The molecule has 0 unspecified atom stereocenters. The van der Waals surface area contributed by atoms with E-state index in [2.05, 4.69) is 6.92 Å². The van der Waals surface area contributed by atoms with Crippen LogP contribution in [0, 0.1) is 5.41 Å². The minimum absolute atomic E-state index is 0.156. The van der Waals surface area contributed by atoms with Crippen LogP contribution in [-0.2, 0) is 23.8 Å². The Bertz CT molecular complexity index is 432. The zero-order chi connectivity index (χ0) is 23.2. The van der Waals surface area contributed by atoms with Gasteiger partial charge in [-0.25, -0.2) is 0 Å². The maximum atomic E-state index is 12.6. The lowest BCUT2D eigenvalue weighted by atomic mass is 9.82. The topological polar surface area (TPSA) is 61.8 Å². The Morgan fingerprint density at radius 2 is 0.935 bits per heavy atom. The van der Waals surface area contributed by atoms with Gasteiger partial charge in [0.25, 0.3) is 0 Å². The van der Waals surface area contributed by atoms with Crippen molar-refractivity contribution in [2.24, 2.45) is 5.41 Å². The highest BCUT2D eigenvalue weighted by Gasteiger charge is 2.45. The molecule has 0 heterocycles. The van der Waals surface area contributed by atoms with Gasteiger partial charge >= 0.3 is 11.9 Å². The largest absolute Gasteiger partial charge is 0.465 e. The number of hydrogen-bond acceptors (Lipinski definition) is 5. The van der Waals surface area contributed by atoms with Gasteiger partial charge in [0.1, 0.15) is 6.61 Å². The Kier molecular flexibility index (Phi) is 20.0. The van der Waals surface area contributed by atoms with E-state index in [1.807, 2.05) is 13.8 Å². The molecule has 0 bridgehead atoms. The Balaban J connectivity index is 3.77. The molecule has 0 aliphatic rings. The SMILES string of the molecule is CCCCCCCCCCCCCCCCOC(=O)C(CC)(CC)C(=O)OCCOC. The second kappa shape index (κ2) is 20.8. The molecule has 0 radical (unpaired) electrons. The van der Waals surface area contributed by atoms with Crippen molar-refractivity contribution in [3.63, 3.8) is 0 Å². The molecule has 31 heavy (non-hydrogen) atoms. The van der Waals surface area contributed by atoms with Gasteiger partial charge in [-0.2, -0.15) is 0 Å². The summed E-state index contributed by atoms with van der Waals surface area (Å²) in [5.41, 5.74) is -1.19. The van der Waals surface area contributed by atoms with E-state index in [4.69, 9.17) is 14.2 Å². The van der Waals surface area contributed by atoms with Crippen molar-refractivity contribution < 1.29 is 23.8 Å². The van der Waals surface area contributed by atoms with E-state index in [9.17, 15) is 9.59 Å². The molecule has 0 atom stereocenters. The molecule has 0 amide bonds. The first kappa shape index (κ1) is 29.9. The Morgan fingerprint density at radius 1 is 0.548 bits per heavy atom. The Morgan fingerprint density at radius 3 is 1.32 bits per heavy atom. The summed E-state index contributed by atoms with van der Waals surface area (Å²) in [6.07, 6.45) is 18.8. The third-order valence-corrected chi connectivity index (χ3v) is 6.24. The summed E-state index contributed by atoms with van der Waals surface area (Å²) in [5, 5.41) is 0. The average molecular weight is 443 g/mol. The molecule has 0 saturated carbocycles. The first-order chi connectivity index (χ1) is 15.1. The van der Waals surface area contributed by atoms with Crippen LogP contribution in [-0.4, -0.2) is 38.9 Å². The van der Waals surface area contributed by atoms with Gasteiger partial charge in [-0.1, -0.05) is 104 Å². The van der Waals surface area contributed by atoms with Crippen molar-refractivity contribution >= 4 is 11.9 Å². The number of ether oxygens (including phenoxy) is 3. The van der Waals surface area contributed by atoms with Crippen LogP contribution in [0.5, 0.6) is 0 Å². The number of unbranched alkanes of at least 4 members (excludes halogenated alkanes) is 13. The van der Waals surface area contributed by atoms with Crippen molar-refractivity contribution in [3.05, 3.63) is 0 Å². The highest BCUT2D eigenvalue weighted by molar-refractivity contribution is 5.99. The van der Waals surface area contributed by atoms with Crippen LogP contribution in [0.4, 0.5) is 0 Å². The second-order valence-corrected chi connectivity index (χ2v) is 8.65. The first-order valence-corrected chi connectivity index (χ1v) is 12.9. The van der Waals surface area contributed by atoms with E-state index in [1.54, 1.807) is 7.11 Å². The van der Waals surface area contributed by atoms with E-state index in [-0.39, 0.29) is 6.61 Å². The molecule has 0 rings (SSSR count). The molecule has 5 nitrogen and oxygen atoms in total. The van der Waals surface area contributed by atoms with Gasteiger partial charge in [0, 0.05) is 7.11 Å². The molecule has 0 aromatic carbocycles. The van der Waals surface area contributed by atoms with Crippen LogP contribution >= 0.6 is 0 Å². The molecular formula is C26H50O5. The Hall–Kier alpha value is -1.10. The normalized spacial score (nSPS) is 11.5. The van der Waals surface area contributed by atoms with Crippen LogP contribution in [0.2, 0.25) is 0 Å². The predicted molar refractivity (Wildman–Crippen MR) is 127 cm³/mol. The summed E-state index contributed by atoms with van der Waals surface area (Å²) in [6, 6.07) is 0. The van der Waals surface area contributed by atoms with Crippen molar-refractivity contribution in [1.29, 1.82) is 0 Å². The summed E-state index contributed by atoms with van der Waals surface area (Å²) in [5.74, 6) is -0.949. The zero-order valence-corrected chi connectivity index (χ0v) is 21.0. The highest BCUT2D eigenvalue weighted by Crippen LogP contribution is 2.30. The van der Waals surface area contributed by atoms with Gasteiger partial charge in [-0.15, -0.1) is 0 Å². The minimum Gasteiger partial charge on any atom is -0.465 e. The fraction of sp³-hybridized carbons (Fsp3) is 0.923. The summed E-state index contributed by atoms with van der Waals surface area (Å²) < 4.78 is 15.6. The molecule has 184 valence electrons. The zero-order valence-electron chi connectivity index (χ0n) is 21.0. The van der Waals surface area contributed by atoms with Crippen LogP contribution in [0.1, 0.15) is 124 Å². The maximum Gasteiger partial charge on any atom is 0.323 e. The first-order valence-electron chi connectivity index (χ1n) is 12.9. The molecule has 0 fully saturated rings. The molecule has 0 N–H and O–H groups in total. The number of carbonyl (C=O) groups excluding carboxylic acids is 2. The summed E-state index contributed by atoms with van der Waals surface area (Å²) >= 11 is 0. The monoisotopic (exact) mass is 442 g/mol. The van der Waals surface area contributed by atoms with Crippen LogP contribution in [0.3, 0.4) is 0 Å². The lowest BCUT2D eigenvalue weighted by Gasteiger charge is -2.26. The van der Waals surface area contributed by atoms with Crippen LogP contribution in [0.15, 0.2) is 0 Å². The van der Waals surface area contributed by atoms with Crippen molar-refractivity contribution in [1.82, 2.24) is 0 Å². The molecule has 0 aliphatic heterocycles. The molecule has 0 saturated heterocycles. The second-order valence-electron chi connectivity index (χ2n) is 8.65. The van der Waals surface area contributed by atoms with E-state index < -0.39 is 17.4 Å². The van der Waals surface area contributed by atoms with Gasteiger partial charge in [0.05, 0.1) is 13.2 Å². The smallest absolute Gasteiger partial charge is 0.323 e. The van der Waals surface area contributed by atoms with Crippen molar-refractivity contribution in [3.8, 4) is 0 Å². The Labute approximate surface area is 192 Å². The van der Waals surface area contributed by atoms with E-state index in [0.717, 1.165) is 12.8 Å². The maximum absolute atomic E-state index is 12.6. The number of hydrogen-bond donors (Lipinski definition) is 0. The van der Waals surface area contributed by atoms with Gasteiger partial charge in [0.15, 0.2) is 5.41 Å². The molecule has 5 heteroatoms. The van der Waals surface area contributed by atoms with Gasteiger partial charge in [0.2, 0.25) is 0 Å². The molecule has 0 aromatic heterocycles. The van der Waals surface area contributed by atoms with Crippen LogP contribution in [0.25, 0.3) is 0 Å². The third-order valence-electron chi connectivity index (χ3n) is 6.24. The lowest BCUT2D eigenvalue weighted by molar-refractivity contribution is -0.174. The summed E-state index contributed by atoms with van der Waals surface area (Å²) in [7, 11) is 1.55. The van der Waals surface area contributed by atoms with Gasteiger partial charge in [-0.3, -0.25) is 9.59 Å². The van der Waals surface area contributed by atoms with E-state index in [0.29, 0.717) is 26.1 Å². The molecular weight excluding hydrogens is 392 g/mol. The van der Waals surface area contributed by atoms with E-state index >= 15 is 0 Å². The predicted octanol–water partition coefficient (Wildman–Crippen LogP) is 7.01. The van der Waals surface area contributed by atoms with Crippen molar-refractivity contribution in [2.45, 2.75) is 124 Å². The fourth-order valence-corrected chi connectivity index (χ4v) is 3.87. The van der Waals surface area contributed by atoms with Gasteiger partial charge < -0.3 is 14.2 Å². The molecule has 0 spiro atoms. The third kappa shape index (κ3) is 13.8. The number of rotatable bonds is 22. The van der Waals surface area contributed by atoms with Gasteiger partial charge in [-0.05, 0) is 19.3 Å².